The molecule has 0 aromatic carbocycles. The molecule has 0 heterocycles. The SMILES string of the molecule is O=S(=O)([O-])OO.O=S(=O)([O-])OO.[Co+2]. The molecule has 0 amide bonds. The monoisotopic (exact) mass is 285 g/mol. The Morgan fingerprint density at radius 2 is 0.923 bits per heavy atom. The molecule has 0 aliphatic heterocycles. The normalized spacial score (nSPS) is 10.8. The molecule has 1 radical (unpaired) electrons. The van der Waals surface area contributed by atoms with E-state index < -0.39 is 20.8 Å². The molecule has 0 saturated carbocycles. The Kier molecular flexibility index (Phi) is 11.0. The van der Waals surface area contributed by atoms with Gasteiger partial charge < -0.3 is 9.11 Å². The van der Waals surface area contributed by atoms with E-state index in [2.05, 4.69) is 8.67 Å². The van der Waals surface area contributed by atoms with Crippen LogP contribution in [0.3, 0.4) is 0 Å². The van der Waals surface area contributed by atoms with Gasteiger partial charge in [-0.2, -0.15) is 0 Å². The minimum absolute atomic E-state index is 0. The third-order valence-corrected chi connectivity index (χ3v) is 0.548. The van der Waals surface area contributed by atoms with Crippen molar-refractivity contribution >= 4 is 20.8 Å². The molecule has 13 heteroatoms. The van der Waals surface area contributed by atoms with Crippen molar-refractivity contribution < 1.29 is 61.9 Å². The first-order valence-corrected chi connectivity index (χ1v) is 4.37. The zero-order valence-electron chi connectivity index (χ0n) is 5.31. The third-order valence-electron chi connectivity index (χ3n) is 0.183. The molecule has 13 heavy (non-hydrogen) atoms. The maximum absolute atomic E-state index is 8.97. The minimum atomic E-state index is -4.86. The van der Waals surface area contributed by atoms with Gasteiger partial charge in [0.25, 0.3) is 0 Å². The van der Waals surface area contributed by atoms with E-state index in [0.717, 1.165) is 0 Å². The predicted octanol–water partition coefficient (Wildman–Crippen LogP) is -2.13. The number of rotatable bonds is 2. The third kappa shape index (κ3) is 33.1. The van der Waals surface area contributed by atoms with Gasteiger partial charge in [0.15, 0.2) is 0 Å². The van der Waals surface area contributed by atoms with Gasteiger partial charge >= 0.3 is 16.8 Å². The van der Waals surface area contributed by atoms with E-state index in [4.69, 9.17) is 36.5 Å². The number of hydrogen-bond donors (Lipinski definition) is 2. The van der Waals surface area contributed by atoms with Gasteiger partial charge in [-0.25, -0.2) is 27.4 Å². The van der Waals surface area contributed by atoms with Crippen molar-refractivity contribution in [2.24, 2.45) is 0 Å². The number of hydrogen-bond acceptors (Lipinski definition) is 10. The van der Waals surface area contributed by atoms with Crippen molar-refractivity contribution in [1.82, 2.24) is 0 Å². The molecule has 2 N–H and O–H groups in total. The predicted molar refractivity (Wildman–Crippen MR) is 26.8 cm³/mol. The Labute approximate surface area is 83.0 Å². The second-order valence-electron chi connectivity index (χ2n) is 0.966. The Morgan fingerprint density at radius 3 is 0.923 bits per heavy atom. The van der Waals surface area contributed by atoms with Gasteiger partial charge in [0.05, 0.1) is 0 Å². The Hall–Kier alpha value is 0.166. The van der Waals surface area contributed by atoms with Gasteiger partial charge in [-0.3, -0.25) is 0 Å². The van der Waals surface area contributed by atoms with E-state index >= 15 is 0 Å². The van der Waals surface area contributed by atoms with Gasteiger partial charge in [-0.05, 0) is 0 Å². The van der Waals surface area contributed by atoms with Crippen molar-refractivity contribution in [2.75, 3.05) is 0 Å². The zero-order valence-corrected chi connectivity index (χ0v) is 7.98. The van der Waals surface area contributed by atoms with Crippen LogP contribution in [0.5, 0.6) is 0 Å². The molecule has 0 spiro atoms. The summed E-state index contributed by atoms with van der Waals surface area (Å²) in [6, 6.07) is 0. The average molecular weight is 285 g/mol. The van der Waals surface area contributed by atoms with E-state index in [1.165, 1.54) is 0 Å². The maximum atomic E-state index is 8.97. The van der Waals surface area contributed by atoms with E-state index in [-0.39, 0.29) is 16.8 Å². The van der Waals surface area contributed by atoms with Crippen LogP contribution in [0.25, 0.3) is 0 Å². The largest absolute Gasteiger partial charge is 2.00 e. The van der Waals surface area contributed by atoms with Gasteiger partial charge in [0, 0.05) is 0 Å². The molecule has 0 saturated heterocycles. The Balaban J connectivity index is -0.000000143. The zero-order chi connectivity index (χ0) is 10.4. The maximum Gasteiger partial charge on any atom is 2.00 e. The second kappa shape index (κ2) is 7.56. The molecule has 0 unspecified atom stereocenters. The summed E-state index contributed by atoms with van der Waals surface area (Å²) in [5.41, 5.74) is 0. The first kappa shape index (κ1) is 18.9. The summed E-state index contributed by atoms with van der Waals surface area (Å²) in [7, 11) is -9.71. The Morgan fingerprint density at radius 1 is 0.846 bits per heavy atom. The van der Waals surface area contributed by atoms with Gasteiger partial charge in [0.1, 0.15) is 0 Å². The second-order valence-corrected chi connectivity index (χ2v) is 2.90. The molecule has 0 aliphatic carbocycles. The van der Waals surface area contributed by atoms with Crippen LogP contribution in [0.2, 0.25) is 0 Å². The van der Waals surface area contributed by atoms with E-state index in [9.17, 15) is 0 Å². The van der Waals surface area contributed by atoms with Gasteiger partial charge in [0.2, 0.25) is 20.8 Å². The molecule has 83 valence electrons. The molecule has 0 aliphatic rings. The van der Waals surface area contributed by atoms with Crippen molar-refractivity contribution in [3.63, 3.8) is 0 Å². The van der Waals surface area contributed by atoms with E-state index in [1.807, 2.05) is 0 Å². The Bertz CT molecular complexity index is 249. The van der Waals surface area contributed by atoms with Gasteiger partial charge in [-0.1, -0.05) is 0 Å². The molecule has 10 nitrogen and oxygen atoms in total. The summed E-state index contributed by atoms with van der Waals surface area (Å²) >= 11 is 0. The fourth-order valence-corrected chi connectivity index (χ4v) is 0. The molecule has 0 aromatic rings. The summed E-state index contributed by atoms with van der Waals surface area (Å²) in [4.78, 5) is 0. The summed E-state index contributed by atoms with van der Waals surface area (Å²) in [6.07, 6.45) is 0. The van der Waals surface area contributed by atoms with Crippen LogP contribution in [0.4, 0.5) is 0 Å². The molecular formula is H2CoO10S2. The van der Waals surface area contributed by atoms with Crippen molar-refractivity contribution in [2.45, 2.75) is 0 Å². The molecule has 0 fully saturated rings. The smallest absolute Gasteiger partial charge is 0.724 e. The van der Waals surface area contributed by atoms with Crippen LogP contribution in [0.1, 0.15) is 0 Å². The molecule has 0 aromatic heterocycles. The minimum Gasteiger partial charge on any atom is -0.724 e. The van der Waals surface area contributed by atoms with Crippen LogP contribution in [0, 0.1) is 0 Å². The fraction of sp³-hybridized carbons (Fsp3) is 0. The summed E-state index contributed by atoms with van der Waals surface area (Å²) in [5, 5.41) is 14.0. The van der Waals surface area contributed by atoms with E-state index in [1.54, 1.807) is 0 Å². The van der Waals surface area contributed by atoms with Crippen LogP contribution >= 0.6 is 0 Å². The molecule has 0 atom stereocenters. The molecule has 0 rings (SSSR count). The van der Waals surface area contributed by atoms with Crippen LogP contribution in [-0.4, -0.2) is 36.5 Å². The van der Waals surface area contributed by atoms with Crippen molar-refractivity contribution in [3.05, 3.63) is 0 Å². The summed E-state index contributed by atoms with van der Waals surface area (Å²) < 4.78 is 58.5. The van der Waals surface area contributed by atoms with Crippen LogP contribution < -0.4 is 0 Å². The van der Waals surface area contributed by atoms with Crippen molar-refractivity contribution in [3.8, 4) is 0 Å². The van der Waals surface area contributed by atoms with Crippen LogP contribution in [-0.2, 0) is 46.2 Å². The quantitative estimate of drug-likeness (QED) is 0.247. The standard InChI is InChI=1S/Co.2H2O5S/c;2*1-5-6(2,3)4/h;2*1H,(H,2,3,4)/q+2;;/p-2. The van der Waals surface area contributed by atoms with Gasteiger partial charge in [-0.15, -0.1) is 8.67 Å². The molecule has 0 bridgehead atoms. The fourth-order valence-electron chi connectivity index (χ4n) is 0. The summed E-state index contributed by atoms with van der Waals surface area (Å²) in [5.74, 6) is 0. The first-order chi connectivity index (χ1) is 5.12. The average Bonchev–Trinajstić information content (AvgIpc) is 1.86. The topological polar surface area (TPSA) is 173 Å². The first-order valence-electron chi connectivity index (χ1n) is 1.70. The van der Waals surface area contributed by atoms with E-state index in [0.29, 0.717) is 0 Å². The van der Waals surface area contributed by atoms with Crippen molar-refractivity contribution in [1.29, 1.82) is 0 Å². The molecular weight excluding hydrogens is 283 g/mol. The summed E-state index contributed by atoms with van der Waals surface area (Å²) in [6.45, 7) is 0. The van der Waals surface area contributed by atoms with Crippen LogP contribution in [0.15, 0.2) is 0 Å².